The third kappa shape index (κ3) is 4.02. The van der Waals surface area contributed by atoms with Crippen molar-refractivity contribution in [2.45, 2.75) is 57.9 Å². The van der Waals surface area contributed by atoms with E-state index in [1.807, 2.05) is 11.7 Å². The van der Waals surface area contributed by atoms with Crippen LogP contribution in [0, 0.1) is 5.92 Å². The molecule has 1 saturated carbocycles. The van der Waals surface area contributed by atoms with Gasteiger partial charge >= 0.3 is 0 Å². The second-order valence-corrected chi connectivity index (χ2v) is 6.37. The summed E-state index contributed by atoms with van der Waals surface area (Å²) < 4.78 is 2.78. The average Bonchev–Trinajstić information content (AvgIpc) is 3.02. The maximum atomic E-state index is 4.11. The van der Waals surface area contributed by atoms with Crippen molar-refractivity contribution >= 4 is 15.9 Å². The van der Waals surface area contributed by atoms with Crippen LogP contribution in [0.2, 0.25) is 0 Å². The van der Waals surface area contributed by atoms with Crippen LogP contribution in [-0.4, -0.2) is 21.5 Å². The minimum absolute atomic E-state index is 0.370. The topological polar surface area (TPSA) is 42.7 Å². The molecular formula is C14H25BrN4. The highest BCUT2D eigenvalue weighted by atomic mass is 79.9. The molecule has 1 fully saturated rings. The molecular weight excluding hydrogens is 304 g/mol. The van der Waals surface area contributed by atoms with E-state index in [0.29, 0.717) is 6.04 Å². The van der Waals surface area contributed by atoms with Crippen molar-refractivity contribution in [3.8, 4) is 0 Å². The van der Waals surface area contributed by atoms with Gasteiger partial charge < -0.3 is 5.32 Å². The highest BCUT2D eigenvalue weighted by molar-refractivity contribution is 9.10. The Morgan fingerprint density at radius 1 is 1.42 bits per heavy atom. The van der Waals surface area contributed by atoms with Crippen LogP contribution in [0.4, 0.5) is 0 Å². The average molecular weight is 329 g/mol. The summed E-state index contributed by atoms with van der Waals surface area (Å²) in [6.45, 7) is 3.25. The minimum Gasteiger partial charge on any atom is -0.309 e. The lowest BCUT2D eigenvalue weighted by Gasteiger charge is -2.20. The molecule has 2 rings (SSSR count). The first-order chi connectivity index (χ1) is 9.22. The van der Waals surface area contributed by atoms with Gasteiger partial charge in [0.05, 0.1) is 11.7 Å². The van der Waals surface area contributed by atoms with Crippen molar-refractivity contribution in [1.82, 2.24) is 20.3 Å². The van der Waals surface area contributed by atoms with Crippen LogP contribution in [0.5, 0.6) is 0 Å². The van der Waals surface area contributed by atoms with Crippen molar-refractivity contribution in [3.05, 3.63) is 10.3 Å². The van der Waals surface area contributed by atoms with Crippen LogP contribution < -0.4 is 5.32 Å². The van der Waals surface area contributed by atoms with Gasteiger partial charge in [0.1, 0.15) is 0 Å². The van der Waals surface area contributed by atoms with E-state index in [1.165, 1.54) is 44.2 Å². The van der Waals surface area contributed by atoms with E-state index >= 15 is 0 Å². The van der Waals surface area contributed by atoms with Crippen LogP contribution in [0.25, 0.3) is 0 Å². The monoisotopic (exact) mass is 328 g/mol. The fraction of sp³-hybridized carbons (Fsp3) is 0.857. The number of halogens is 1. The van der Waals surface area contributed by atoms with Crippen LogP contribution >= 0.6 is 15.9 Å². The normalized spacial score (nSPS) is 18.1. The van der Waals surface area contributed by atoms with Gasteiger partial charge in [-0.25, -0.2) is 4.68 Å². The highest BCUT2D eigenvalue weighted by Gasteiger charge is 2.22. The zero-order valence-corrected chi connectivity index (χ0v) is 13.6. The molecule has 1 N–H and O–H groups in total. The molecule has 1 aromatic heterocycles. The molecule has 0 bridgehead atoms. The summed E-state index contributed by atoms with van der Waals surface area (Å²) in [5.41, 5.74) is 1.19. The Labute approximate surface area is 124 Å². The predicted molar refractivity (Wildman–Crippen MR) is 80.9 cm³/mol. The number of rotatable bonds is 7. The van der Waals surface area contributed by atoms with E-state index in [1.54, 1.807) is 0 Å². The van der Waals surface area contributed by atoms with Gasteiger partial charge in [-0.15, -0.1) is 5.10 Å². The highest BCUT2D eigenvalue weighted by Crippen LogP contribution is 2.32. The molecule has 0 amide bonds. The molecule has 108 valence electrons. The molecule has 1 aliphatic carbocycles. The standard InChI is InChI=1S/C14H25BrN4/c1-3-10-16-12(9-8-11-6-4-5-7-11)13-14(15)17-18-19(13)2/h11-12,16H,3-10H2,1-2H3. The van der Waals surface area contributed by atoms with E-state index in [4.69, 9.17) is 0 Å². The summed E-state index contributed by atoms with van der Waals surface area (Å²) in [6, 6.07) is 0.370. The quantitative estimate of drug-likeness (QED) is 0.831. The molecule has 1 unspecified atom stereocenters. The Morgan fingerprint density at radius 2 is 2.16 bits per heavy atom. The van der Waals surface area contributed by atoms with Crippen molar-refractivity contribution in [1.29, 1.82) is 0 Å². The molecule has 0 spiro atoms. The number of aromatic nitrogens is 3. The molecule has 1 aromatic rings. The summed E-state index contributed by atoms with van der Waals surface area (Å²) in [7, 11) is 1.98. The Kier molecular flexibility index (Phi) is 5.82. The number of nitrogens with zero attached hydrogens (tertiary/aromatic N) is 3. The lowest BCUT2D eigenvalue weighted by Crippen LogP contribution is -2.25. The summed E-state index contributed by atoms with van der Waals surface area (Å²) >= 11 is 3.53. The Hall–Kier alpha value is -0.420. The van der Waals surface area contributed by atoms with Crippen molar-refractivity contribution in [2.24, 2.45) is 13.0 Å². The van der Waals surface area contributed by atoms with Crippen LogP contribution in [0.1, 0.15) is 63.6 Å². The lowest BCUT2D eigenvalue weighted by atomic mass is 9.97. The SMILES string of the molecule is CCCNC(CCC1CCCC1)c1c(Br)nnn1C. The first kappa shape index (κ1) is 15.0. The van der Waals surface area contributed by atoms with Crippen LogP contribution in [-0.2, 0) is 7.05 Å². The fourth-order valence-electron chi connectivity index (χ4n) is 3.06. The number of hydrogen-bond acceptors (Lipinski definition) is 3. The molecule has 0 aliphatic heterocycles. The third-order valence-electron chi connectivity index (χ3n) is 4.14. The van der Waals surface area contributed by atoms with Crippen molar-refractivity contribution < 1.29 is 0 Å². The zero-order chi connectivity index (χ0) is 13.7. The Bertz CT molecular complexity index is 365. The molecule has 0 radical (unpaired) electrons. The Morgan fingerprint density at radius 3 is 2.74 bits per heavy atom. The molecule has 19 heavy (non-hydrogen) atoms. The molecule has 0 aromatic carbocycles. The molecule has 1 aliphatic rings. The lowest BCUT2D eigenvalue weighted by molar-refractivity contribution is 0.397. The molecule has 0 saturated heterocycles. The number of aryl methyl sites for hydroxylation is 1. The molecule has 4 nitrogen and oxygen atoms in total. The van der Waals surface area contributed by atoms with Crippen LogP contribution in [0.15, 0.2) is 4.60 Å². The summed E-state index contributed by atoms with van der Waals surface area (Å²) in [4.78, 5) is 0. The van der Waals surface area contributed by atoms with Gasteiger partial charge in [-0.3, -0.25) is 0 Å². The molecule has 5 heteroatoms. The smallest absolute Gasteiger partial charge is 0.153 e. The summed E-state index contributed by atoms with van der Waals surface area (Å²) in [5.74, 6) is 0.936. The summed E-state index contributed by atoms with van der Waals surface area (Å²) in [5, 5.41) is 11.9. The van der Waals surface area contributed by atoms with Gasteiger partial charge in [-0.05, 0) is 47.7 Å². The zero-order valence-electron chi connectivity index (χ0n) is 12.0. The van der Waals surface area contributed by atoms with E-state index in [9.17, 15) is 0 Å². The van der Waals surface area contributed by atoms with Gasteiger partial charge in [0, 0.05) is 7.05 Å². The van der Waals surface area contributed by atoms with E-state index in [-0.39, 0.29) is 0 Å². The van der Waals surface area contributed by atoms with Crippen molar-refractivity contribution in [3.63, 3.8) is 0 Å². The van der Waals surface area contributed by atoms with Gasteiger partial charge in [0.15, 0.2) is 4.60 Å². The van der Waals surface area contributed by atoms with Gasteiger partial charge in [-0.1, -0.05) is 37.8 Å². The summed E-state index contributed by atoms with van der Waals surface area (Å²) in [6.07, 6.45) is 9.35. The van der Waals surface area contributed by atoms with E-state index in [2.05, 4.69) is 38.5 Å². The first-order valence-corrected chi connectivity index (χ1v) is 8.30. The number of nitrogens with one attached hydrogen (secondary N) is 1. The van der Waals surface area contributed by atoms with Gasteiger partial charge in [0.2, 0.25) is 0 Å². The molecule has 1 heterocycles. The van der Waals surface area contributed by atoms with Gasteiger partial charge in [-0.2, -0.15) is 0 Å². The third-order valence-corrected chi connectivity index (χ3v) is 4.70. The second-order valence-electron chi connectivity index (χ2n) is 5.62. The largest absolute Gasteiger partial charge is 0.309 e. The second kappa shape index (κ2) is 7.39. The van der Waals surface area contributed by atoms with E-state index in [0.717, 1.165) is 23.5 Å². The van der Waals surface area contributed by atoms with E-state index < -0.39 is 0 Å². The van der Waals surface area contributed by atoms with Crippen LogP contribution in [0.3, 0.4) is 0 Å². The maximum absolute atomic E-state index is 4.11. The predicted octanol–water partition coefficient (Wildman–Crippen LogP) is 3.59. The minimum atomic E-state index is 0.370. The fourth-order valence-corrected chi connectivity index (χ4v) is 3.67. The number of hydrogen-bond donors (Lipinski definition) is 1. The van der Waals surface area contributed by atoms with Crippen molar-refractivity contribution in [2.75, 3.05) is 6.54 Å². The Balaban J connectivity index is 1.98. The maximum Gasteiger partial charge on any atom is 0.153 e. The first-order valence-electron chi connectivity index (χ1n) is 7.50. The van der Waals surface area contributed by atoms with Gasteiger partial charge in [0.25, 0.3) is 0 Å². The molecule has 1 atom stereocenters.